The summed E-state index contributed by atoms with van der Waals surface area (Å²) < 4.78 is 5.66. The molecule has 0 radical (unpaired) electrons. The number of ether oxygens (including phenoxy) is 1. The summed E-state index contributed by atoms with van der Waals surface area (Å²) in [5.74, 6) is 0.553. The van der Waals surface area contributed by atoms with E-state index in [0.29, 0.717) is 5.78 Å². The molecule has 1 heterocycles. The Bertz CT molecular complexity index is 180. The van der Waals surface area contributed by atoms with Gasteiger partial charge >= 0.3 is 0 Å². The number of Topliss-reactive ketones (excluding diaryl/α,β-unsaturated/α-hetero) is 1. The molecule has 2 nitrogen and oxygen atoms in total. The van der Waals surface area contributed by atoms with E-state index < -0.39 is 0 Å². The summed E-state index contributed by atoms with van der Waals surface area (Å²) in [7, 11) is 0. The summed E-state index contributed by atoms with van der Waals surface area (Å²) in [5.41, 5.74) is -0.0307. The first-order valence-electron chi connectivity index (χ1n) is 4.41. The van der Waals surface area contributed by atoms with E-state index in [1.165, 1.54) is 0 Å². The number of carbonyl (C=O) groups excluding carboxylic acids is 1. The summed E-state index contributed by atoms with van der Waals surface area (Å²) in [6, 6.07) is 0. The van der Waals surface area contributed by atoms with E-state index in [4.69, 9.17) is 4.74 Å². The maximum atomic E-state index is 11.3. The molecule has 2 fully saturated rings. The topological polar surface area (TPSA) is 26.3 Å². The van der Waals surface area contributed by atoms with Crippen LogP contribution in [0.1, 0.15) is 32.6 Å². The van der Waals surface area contributed by atoms with Crippen LogP contribution in [0.25, 0.3) is 0 Å². The molecule has 0 N–H and O–H groups in total. The fourth-order valence-electron chi connectivity index (χ4n) is 2.32. The number of hydrogen-bond acceptors (Lipinski definition) is 2. The van der Waals surface area contributed by atoms with E-state index in [1.54, 1.807) is 0 Å². The highest BCUT2D eigenvalue weighted by atomic mass is 16.5. The molecule has 1 saturated heterocycles. The zero-order valence-corrected chi connectivity index (χ0v) is 6.93. The normalized spacial score (nSPS) is 44.1. The Balaban J connectivity index is 2.19. The predicted molar refractivity (Wildman–Crippen MR) is 41.3 cm³/mol. The lowest BCUT2D eigenvalue weighted by Crippen LogP contribution is -2.32. The molecule has 0 aromatic heterocycles. The maximum Gasteiger partial charge on any atom is 0.138 e. The molecule has 0 aromatic carbocycles. The summed E-state index contributed by atoms with van der Waals surface area (Å²) in [6.07, 6.45) is 3.94. The van der Waals surface area contributed by atoms with Crippen LogP contribution in [-0.4, -0.2) is 18.0 Å². The molecular formula is C9H14O2. The van der Waals surface area contributed by atoms with Crippen molar-refractivity contribution in [3.63, 3.8) is 0 Å². The van der Waals surface area contributed by atoms with Gasteiger partial charge in [0.1, 0.15) is 5.78 Å². The van der Waals surface area contributed by atoms with Crippen molar-refractivity contribution in [3.8, 4) is 0 Å². The molecular weight excluding hydrogens is 140 g/mol. The summed E-state index contributed by atoms with van der Waals surface area (Å²) >= 11 is 0. The highest BCUT2D eigenvalue weighted by Crippen LogP contribution is 2.43. The monoisotopic (exact) mass is 154 g/mol. The minimum absolute atomic E-state index is 0.0307. The summed E-state index contributed by atoms with van der Waals surface area (Å²) in [4.78, 5) is 11.3. The quantitative estimate of drug-likeness (QED) is 0.529. The Labute approximate surface area is 66.9 Å². The van der Waals surface area contributed by atoms with E-state index in [0.717, 1.165) is 32.3 Å². The van der Waals surface area contributed by atoms with E-state index in [2.05, 4.69) is 0 Å². The molecule has 2 rings (SSSR count). The Kier molecular flexibility index (Phi) is 1.53. The lowest BCUT2D eigenvalue weighted by molar-refractivity contribution is -0.124. The lowest BCUT2D eigenvalue weighted by atomic mass is 9.89. The zero-order valence-electron chi connectivity index (χ0n) is 6.93. The minimum Gasteiger partial charge on any atom is -0.374 e. The SMILES string of the molecule is CC1C(=O)CCC12CCCO2. The molecule has 2 aliphatic rings. The van der Waals surface area contributed by atoms with Crippen molar-refractivity contribution in [3.05, 3.63) is 0 Å². The summed E-state index contributed by atoms with van der Waals surface area (Å²) in [6.45, 7) is 2.87. The molecule has 2 heteroatoms. The molecule has 1 aliphatic carbocycles. The average molecular weight is 154 g/mol. The van der Waals surface area contributed by atoms with Crippen molar-refractivity contribution in [2.45, 2.75) is 38.2 Å². The number of carbonyl (C=O) groups is 1. The van der Waals surface area contributed by atoms with Gasteiger partial charge in [0, 0.05) is 18.9 Å². The van der Waals surface area contributed by atoms with Crippen LogP contribution in [0, 0.1) is 5.92 Å². The fourth-order valence-corrected chi connectivity index (χ4v) is 2.32. The number of ketones is 1. The van der Waals surface area contributed by atoms with Gasteiger partial charge < -0.3 is 4.74 Å². The van der Waals surface area contributed by atoms with Crippen LogP contribution < -0.4 is 0 Å². The number of hydrogen-bond donors (Lipinski definition) is 0. The molecule has 1 aliphatic heterocycles. The lowest BCUT2D eigenvalue weighted by Gasteiger charge is -2.26. The van der Waals surface area contributed by atoms with Crippen molar-refractivity contribution in [1.29, 1.82) is 0 Å². The Morgan fingerprint density at radius 2 is 2.36 bits per heavy atom. The highest BCUT2D eigenvalue weighted by Gasteiger charge is 2.48. The van der Waals surface area contributed by atoms with Gasteiger partial charge in [-0.15, -0.1) is 0 Å². The van der Waals surface area contributed by atoms with Gasteiger partial charge in [-0.3, -0.25) is 4.79 Å². The van der Waals surface area contributed by atoms with E-state index in [1.807, 2.05) is 6.92 Å². The standard InChI is InChI=1S/C9H14O2/c1-7-8(10)3-5-9(7)4-2-6-11-9/h7H,2-6H2,1H3. The van der Waals surface area contributed by atoms with Crippen LogP contribution in [0.5, 0.6) is 0 Å². The molecule has 1 saturated carbocycles. The van der Waals surface area contributed by atoms with E-state index in [-0.39, 0.29) is 11.5 Å². The Morgan fingerprint density at radius 1 is 1.55 bits per heavy atom. The third-order valence-electron chi connectivity index (χ3n) is 3.20. The second kappa shape index (κ2) is 2.31. The molecule has 62 valence electrons. The Morgan fingerprint density at radius 3 is 2.82 bits per heavy atom. The molecule has 0 bridgehead atoms. The van der Waals surface area contributed by atoms with Gasteiger partial charge in [0.15, 0.2) is 0 Å². The molecule has 11 heavy (non-hydrogen) atoms. The molecule has 0 aromatic rings. The highest BCUT2D eigenvalue weighted by molar-refractivity contribution is 5.84. The third-order valence-corrected chi connectivity index (χ3v) is 3.20. The first-order chi connectivity index (χ1) is 5.25. The molecule has 2 unspecified atom stereocenters. The second-order valence-corrected chi connectivity index (χ2v) is 3.70. The molecule has 0 amide bonds. The van der Waals surface area contributed by atoms with Gasteiger partial charge in [0.25, 0.3) is 0 Å². The van der Waals surface area contributed by atoms with Gasteiger partial charge in [-0.25, -0.2) is 0 Å². The minimum atomic E-state index is -0.0307. The second-order valence-electron chi connectivity index (χ2n) is 3.70. The Hall–Kier alpha value is -0.370. The first-order valence-corrected chi connectivity index (χ1v) is 4.41. The molecule has 2 atom stereocenters. The van der Waals surface area contributed by atoms with Crippen molar-refractivity contribution in [2.75, 3.05) is 6.61 Å². The zero-order chi connectivity index (χ0) is 7.90. The van der Waals surface area contributed by atoms with Crippen LogP contribution in [-0.2, 0) is 9.53 Å². The average Bonchev–Trinajstić information content (AvgIpc) is 2.56. The maximum absolute atomic E-state index is 11.3. The number of rotatable bonds is 0. The van der Waals surface area contributed by atoms with Gasteiger partial charge in [-0.05, 0) is 19.3 Å². The van der Waals surface area contributed by atoms with Crippen molar-refractivity contribution in [2.24, 2.45) is 5.92 Å². The van der Waals surface area contributed by atoms with Crippen LogP contribution >= 0.6 is 0 Å². The van der Waals surface area contributed by atoms with E-state index >= 15 is 0 Å². The van der Waals surface area contributed by atoms with Gasteiger partial charge in [-0.1, -0.05) is 6.92 Å². The first kappa shape index (κ1) is 7.29. The van der Waals surface area contributed by atoms with Crippen LogP contribution in [0.2, 0.25) is 0 Å². The van der Waals surface area contributed by atoms with Crippen molar-refractivity contribution >= 4 is 5.78 Å². The van der Waals surface area contributed by atoms with Crippen molar-refractivity contribution in [1.82, 2.24) is 0 Å². The summed E-state index contributed by atoms with van der Waals surface area (Å²) in [5, 5.41) is 0. The molecule has 1 spiro atoms. The largest absolute Gasteiger partial charge is 0.374 e. The van der Waals surface area contributed by atoms with Gasteiger partial charge in [0.05, 0.1) is 5.60 Å². The van der Waals surface area contributed by atoms with Crippen LogP contribution in [0.4, 0.5) is 0 Å². The van der Waals surface area contributed by atoms with Crippen LogP contribution in [0.15, 0.2) is 0 Å². The predicted octanol–water partition coefficient (Wildman–Crippen LogP) is 1.53. The van der Waals surface area contributed by atoms with E-state index in [9.17, 15) is 4.79 Å². The smallest absolute Gasteiger partial charge is 0.138 e. The third kappa shape index (κ3) is 0.924. The fraction of sp³-hybridized carbons (Fsp3) is 0.889. The van der Waals surface area contributed by atoms with Gasteiger partial charge in [0.2, 0.25) is 0 Å². The van der Waals surface area contributed by atoms with Crippen LogP contribution in [0.3, 0.4) is 0 Å². The van der Waals surface area contributed by atoms with Crippen molar-refractivity contribution < 1.29 is 9.53 Å². The van der Waals surface area contributed by atoms with Gasteiger partial charge in [-0.2, -0.15) is 0 Å².